The van der Waals surface area contributed by atoms with Crippen LogP contribution in [0.25, 0.3) is 0 Å². The minimum absolute atomic E-state index is 0.0159. The van der Waals surface area contributed by atoms with Crippen LogP contribution in [0.15, 0.2) is 122 Å². The first kappa shape index (κ1) is 73.9. The lowest BCUT2D eigenvalue weighted by atomic mass is 10.0. The number of hydrogen-bond acceptors (Lipinski definition) is 6. The summed E-state index contributed by atoms with van der Waals surface area (Å²) in [6, 6.07) is -0.922. The molecule has 0 saturated heterocycles. The largest absolute Gasteiger partial charge is 0.756 e. The molecule has 0 saturated carbocycles. The van der Waals surface area contributed by atoms with Crippen LogP contribution in [0.3, 0.4) is 0 Å². The maximum atomic E-state index is 13.0. The lowest BCUT2D eigenvalue weighted by Crippen LogP contribution is -2.45. The Hall–Kier alpha value is -3.10. The number of rotatable bonds is 56. The highest BCUT2D eigenvalue weighted by Crippen LogP contribution is 2.38. The molecular formula is C68H119N2O6P. The predicted molar refractivity (Wildman–Crippen MR) is 334 cm³/mol. The normalized spacial score (nSPS) is 14.6. The molecule has 0 aliphatic rings. The van der Waals surface area contributed by atoms with Gasteiger partial charge in [-0.15, -0.1) is 0 Å². The van der Waals surface area contributed by atoms with Crippen molar-refractivity contribution in [3.05, 3.63) is 122 Å². The molecule has 2 N–H and O–H groups in total. The van der Waals surface area contributed by atoms with Crippen LogP contribution < -0.4 is 10.2 Å². The number of amides is 1. The first-order valence-corrected chi connectivity index (χ1v) is 32.9. The van der Waals surface area contributed by atoms with Crippen LogP contribution in [0.4, 0.5) is 0 Å². The molecular weight excluding hydrogens is 972 g/mol. The van der Waals surface area contributed by atoms with Gasteiger partial charge in [0.15, 0.2) is 0 Å². The molecule has 0 aromatic carbocycles. The zero-order valence-electron chi connectivity index (χ0n) is 50.4. The van der Waals surface area contributed by atoms with Gasteiger partial charge in [-0.1, -0.05) is 270 Å². The van der Waals surface area contributed by atoms with Crippen molar-refractivity contribution in [2.75, 3.05) is 40.9 Å². The Bertz CT molecular complexity index is 1670. The number of allylic oxidation sites excluding steroid dienone is 19. The summed E-state index contributed by atoms with van der Waals surface area (Å²) in [5, 5.41) is 13.9. The number of carbonyl (C=O) groups excluding carboxylic acids is 1. The summed E-state index contributed by atoms with van der Waals surface area (Å²) in [4.78, 5) is 25.6. The summed E-state index contributed by atoms with van der Waals surface area (Å²) in [6.07, 6.45) is 85.7. The molecule has 0 heterocycles. The third-order valence-electron chi connectivity index (χ3n) is 13.4. The Kier molecular flexibility index (Phi) is 55.3. The third-order valence-corrected chi connectivity index (χ3v) is 14.4. The molecule has 77 heavy (non-hydrogen) atoms. The van der Waals surface area contributed by atoms with Crippen LogP contribution in [0.1, 0.15) is 251 Å². The highest BCUT2D eigenvalue weighted by molar-refractivity contribution is 7.45. The molecule has 3 unspecified atom stereocenters. The molecule has 0 aromatic rings. The number of phosphoric ester groups is 1. The standard InChI is InChI=1S/C68H119N2O6P/c1-6-8-10-12-14-16-18-20-22-24-26-28-30-32-33-34-35-36-37-38-40-42-44-46-48-50-52-54-56-58-60-62-68(72)69-66(65-76-77(73,74)75-64-63-70(3,4)5)67(71)61-59-57-55-53-51-49-47-45-43-41-39-31-29-27-25-23-21-19-17-15-13-11-9-7-2/h8,10,14,16,20,22,26,28,32-33,35-36,38,40,44,46,51,53,59,61,66-67,71H,6-7,9,11-13,15,17-19,21,23-25,27,29-31,34,37,39,41-43,45,47-50,52,54-58,60,62-65H2,1-5H3,(H-,69,72,73,74)/b10-8-,16-14-,22-20-,28-26-,33-32-,36-35-,40-38-,46-44-,53-51+,61-59+. The second kappa shape index (κ2) is 57.6. The first-order valence-electron chi connectivity index (χ1n) is 31.4. The van der Waals surface area contributed by atoms with Crippen molar-refractivity contribution in [1.29, 1.82) is 0 Å². The van der Waals surface area contributed by atoms with Crippen molar-refractivity contribution in [3.63, 3.8) is 0 Å². The van der Waals surface area contributed by atoms with Crippen molar-refractivity contribution < 1.29 is 32.9 Å². The number of aliphatic hydroxyl groups is 1. The number of nitrogens with zero attached hydrogens (tertiary/aromatic N) is 1. The minimum atomic E-state index is -4.62. The van der Waals surface area contributed by atoms with Gasteiger partial charge < -0.3 is 28.8 Å². The van der Waals surface area contributed by atoms with Gasteiger partial charge in [-0.3, -0.25) is 9.36 Å². The number of unbranched alkanes of at least 4 members (excludes halogenated alkanes) is 25. The minimum Gasteiger partial charge on any atom is -0.756 e. The van der Waals surface area contributed by atoms with Crippen molar-refractivity contribution in [2.24, 2.45) is 0 Å². The fourth-order valence-electron chi connectivity index (χ4n) is 8.54. The average molecular weight is 1090 g/mol. The first-order chi connectivity index (χ1) is 37.5. The number of nitrogens with one attached hydrogen (secondary N) is 1. The van der Waals surface area contributed by atoms with Gasteiger partial charge in [-0.2, -0.15) is 0 Å². The predicted octanol–water partition coefficient (Wildman–Crippen LogP) is 19.1. The van der Waals surface area contributed by atoms with Gasteiger partial charge in [0.1, 0.15) is 13.2 Å². The summed E-state index contributed by atoms with van der Waals surface area (Å²) >= 11 is 0. The fraction of sp³-hybridized carbons (Fsp3) is 0.691. The van der Waals surface area contributed by atoms with Gasteiger partial charge in [0.2, 0.25) is 5.91 Å². The topological polar surface area (TPSA) is 108 Å². The Morgan fingerprint density at radius 3 is 1.21 bits per heavy atom. The molecule has 0 aliphatic heterocycles. The highest BCUT2D eigenvalue weighted by Gasteiger charge is 2.23. The number of carbonyl (C=O) groups is 1. The third kappa shape index (κ3) is 60.4. The average Bonchev–Trinajstić information content (AvgIpc) is 3.39. The number of likely N-dealkylation sites (N-methyl/N-ethyl adjacent to an activating group) is 1. The molecule has 0 radical (unpaired) electrons. The molecule has 9 heteroatoms. The van der Waals surface area contributed by atoms with Crippen molar-refractivity contribution in [3.8, 4) is 0 Å². The van der Waals surface area contributed by atoms with E-state index in [1.54, 1.807) is 6.08 Å². The van der Waals surface area contributed by atoms with Crippen LogP contribution in [-0.4, -0.2) is 68.5 Å². The molecule has 0 aliphatic carbocycles. The summed E-state index contributed by atoms with van der Waals surface area (Å²) in [7, 11) is 1.22. The number of quaternary nitrogens is 1. The SMILES string of the molecule is CC/C=C\C/C=C\C/C=C\C/C=C\C/C=C\C/C=C\C/C=C\C/C=C\CCCCCCCCC(=O)NC(COP(=O)([O-])OCC[N+](C)(C)C)C(O)/C=C/CC/C=C/CCCCCCCCCCCCCCCCCCCC. The van der Waals surface area contributed by atoms with E-state index < -0.39 is 26.6 Å². The lowest BCUT2D eigenvalue weighted by molar-refractivity contribution is -0.870. The molecule has 0 bridgehead atoms. The van der Waals surface area contributed by atoms with E-state index in [0.29, 0.717) is 17.4 Å². The van der Waals surface area contributed by atoms with Crippen molar-refractivity contribution in [1.82, 2.24) is 5.32 Å². The monoisotopic (exact) mass is 1090 g/mol. The highest BCUT2D eigenvalue weighted by atomic mass is 31.2. The molecule has 8 nitrogen and oxygen atoms in total. The van der Waals surface area contributed by atoms with Gasteiger partial charge >= 0.3 is 0 Å². The quantitative estimate of drug-likeness (QED) is 0.0272. The van der Waals surface area contributed by atoms with Crippen molar-refractivity contribution >= 4 is 13.7 Å². The Labute approximate surface area is 475 Å². The van der Waals surface area contributed by atoms with Gasteiger partial charge in [0.25, 0.3) is 7.82 Å². The number of phosphoric acid groups is 1. The van der Waals surface area contributed by atoms with Crippen molar-refractivity contribution in [2.45, 2.75) is 264 Å². The Balaban J connectivity index is 4.28. The Morgan fingerprint density at radius 1 is 0.468 bits per heavy atom. The zero-order chi connectivity index (χ0) is 56.3. The van der Waals surface area contributed by atoms with Gasteiger partial charge in [-0.25, -0.2) is 0 Å². The maximum Gasteiger partial charge on any atom is 0.268 e. The Morgan fingerprint density at radius 2 is 0.805 bits per heavy atom. The smallest absolute Gasteiger partial charge is 0.268 e. The molecule has 3 atom stereocenters. The van der Waals surface area contributed by atoms with Gasteiger partial charge in [-0.05, 0) is 96.3 Å². The summed E-state index contributed by atoms with van der Waals surface area (Å²) in [5.74, 6) is -0.225. The van der Waals surface area contributed by atoms with E-state index in [9.17, 15) is 19.4 Å². The van der Waals surface area contributed by atoms with E-state index in [1.165, 1.54) is 116 Å². The molecule has 0 aromatic heterocycles. The zero-order valence-corrected chi connectivity index (χ0v) is 51.3. The maximum absolute atomic E-state index is 13.0. The molecule has 0 fully saturated rings. The van der Waals surface area contributed by atoms with Gasteiger partial charge in [0, 0.05) is 6.42 Å². The number of aliphatic hydroxyl groups excluding tert-OH is 1. The molecule has 1 amide bonds. The van der Waals surface area contributed by atoms with Crippen LogP contribution in [0, 0.1) is 0 Å². The van der Waals surface area contributed by atoms with E-state index in [0.717, 1.165) is 116 Å². The van der Waals surface area contributed by atoms with E-state index in [4.69, 9.17) is 9.05 Å². The van der Waals surface area contributed by atoms with Gasteiger partial charge in [0.05, 0.1) is 39.9 Å². The summed E-state index contributed by atoms with van der Waals surface area (Å²) in [6.45, 7) is 4.51. The van der Waals surface area contributed by atoms with Crippen LogP contribution >= 0.6 is 7.82 Å². The van der Waals surface area contributed by atoms with Crippen LogP contribution in [0.5, 0.6) is 0 Å². The van der Waals surface area contributed by atoms with E-state index in [-0.39, 0.29) is 12.5 Å². The molecule has 442 valence electrons. The second-order valence-electron chi connectivity index (χ2n) is 22.0. The van der Waals surface area contributed by atoms with Crippen LogP contribution in [-0.2, 0) is 18.4 Å². The van der Waals surface area contributed by atoms with E-state index in [2.05, 4.69) is 129 Å². The van der Waals surface area contributed by atoms with E-state index in [1.807, 2.05) is 27.2 Å². The second-order valence-corrected chi connectivity index (χ2v) is 23.4. The number of hydrogen-bond donors (Lipinski definition) is 2. The van der Waals surface area contributed by atoms with E-state index >= 15 is 0 Å². The summed E-state index contributed by atoms with van der Waals surface area (Å²) < 4.78 is 23.4. The van der Waals surface area contributed by atoms with Crippen LogP contribution in [0.2, 0.25) is 0 Å². The summed E-state index contributed by atoms with van der Waals surface area (Å²) in [5.41, 5.74) is 0. The molecule has 0 rings (SSSR count). The fourth-order valence-corrected chi connectivity index (χ4v) is 9.26. The molecule has 0 spiro atoms. The lowest BCUT2D eigenvalue weighted by Gasteiger charge is -2.29.